The number of carbonyl (C=O) groups is 2. The third-order valence-corrected chi connectivity index (χ3v) is 3.99. The average molecular weight is 342 g/mol. The van der Waals surface area contributed by atoms with Crippen LogP contribution >= 0.6 is 0 Å². The molecule has 1 N–H and O–H groups in total. The normalized spacial score (nSPS) is 15.1. The van der Waals surface area contributed by atoms with Crippen molar-refractivity contribution in [1.29, 1.82) is 0 Å². The van der Waals surface area contributed by atoms with Gasteiger partial charge in [0, 0.05) is 24.3 Å². The first-order valence-electron chi connectivity index (χ1n) is 8.16. The van der Waals surface area contributed by atoms with Crippen LogP contribution < -0.4 is 15.0 Å². The highest BCUT2D eigenvalue weighted by Crippen LogP contribution is 2.24. The van der Waals surface area contributed by atoms with E-state index in [0.29, 0.717) is 24.4 Å². The van der Waals surface area contributed by atoms with E-state index in [0.717, 1.165) is 12.1 Å². The summed E-state index contributed by atoms with van der Waals surface area (Å²) < 4.78 is 18.4. The number of hydrogen-bond donors (Lipinski definition) is 1. The molecule has 1 heterocycles. The van der Waals surface area contributed by atoms with Gasteiger partial charge in [0.2, 0.25) is 5.91 Å². The third-order valence-electron chi connectivity index (χ3n) is 3.99. The number of carbonyl (C=O) groups excluding carboxylic acids is 2. The summed E-state index contributed by atoms with van der Waals surface area (Å²) in [5.74, 6) is -0.177. The maximum atomic E-state index is 12.9. The number of halogens is 1. The van der Waals surface area contributed by atoms with Gasteiger partial charge in [0.25, 0.3) is 5.91 Å². The van der Waals surface area contributed by atoms with Crippen molar-refractivity contribution in [1.82, 2.24) is 0 Å². The van der Waals surface area contributed by atoms with E-state index >= 15 is 0 Å². The van der Waals surface area contributed by atoms with E-state index in [1.807, 2.05) is 6.07 Å². The Bertz CT molecular complexity index is 776. The molecule has 1 saturated heterocycles. The van der Waals surface area contributed by atoms with Crippen LogP contribution in [0.4, 0.5) is 15.8 Å². The molecule has 0 aromatic heterocycles. The predicted molar refractivity (Wildman–Crippen MR) is 93.1 cm³/mol. The van der Waals surface area contributed by atoms with Gasteiger partial charge < -0.3 is 15.0 Å². The first-order valence-corrected chi connectivity index (χ1v) is 8.16. The van der Waals surface area contributed by atoms with Crippen LogP contribution in [0, 0.1) is 5.82 Å². The van der Waals surface area contributed by atoms with Gasteiger partial charge in [-0.3, -0.25) is 9.59 Å². The number of ether oxygens (including phenoxy) is 1. The molecular formula is C19H19FN2O3. The molecule has 2 aromatic carbocycles. The molecule has 2 aromatic rings. The maximum Gasteiger partial charge on any atom is 0.265 e. The summed E-state index contributed by atoms with van der Waals surface area (Å²) in [6.45, 7) is 2.31. The van der Waals surface area contributed by atoms with E-state index in [-0.39, 0.29) is 17.6 Å². The van der Waals surface area contributed by atoms with Crippen molar-refractivity contribution in [2.45, 2.75) is 25.9 Å². The van der Waals surface area contributed by atoms with Gasteiger partial charge in [-0.2, -0.15) is 0 Å². The monoisotopic (exact) mass is 342 g/mol. The van der Waals surface area contributed by atoms with Gasteiger partial charge in [-0.25, -0.2) is 4.39 Å². The third kappa shape index (κ3) is 4.15. The molecule has 1 unspecified atom stereocenters. The SMILES string of the molecule is CC(Oc1ccc(F)cc1)C(=O)Nc1cccc(N2CCCC2=O)c1. The summed E-state index contributed by atoms with van der Waals surface area (Å²) in [6.07, 6.45) is 0.652. The van der Waals surface area contributed by atoms with Crippen molar-refractivity contribution >= 4 is 23.2 Å². The van der Waals surface area contributed by atoms with Crippen LogP contribution in [0.15, 0.2) is 48.5 Å². The molecule has 1 fully saturated rings. The summed E-state index contributed by atoms with van der Waals surface area (Å²) in [7, 11) is 0. The minimum Gasteiger partial charge on any atom is -0.481 e. The van der Waals surface area contributed by atoms with E-state index in [1.165, 1.54) is 24.3 Å². The van der Waals surface area contributed by atoms with Gasteiger partial charge >= 0.3 is 0 Å². The fraction of sp³-hybridized carbons (Fsp3) is 0.263. The minimum absolute atomic E-state index is 0.0940. The molecule has 3 rings (SSSR count). The number of rotatable bonds is 5. The van der Waals surface area contributed by atoms with Gasteiger partial charge in [-0.1, -0.05) is 6.07 Å². The first-order chi connectivity index (χ1) is 12.0. The Kier molecular flexibility index (Phi) is 4.97. The maximum absolute atomic E-state index is 12.9. The van der Waals surface area contributed by atoms with Crippen LogP contribution in [-0.4, -0.2) is 24.5 Å². The molecular weight excluding hydrogens is 323 g/mol. The highest BCUT2D eigenvalue weighted by Gasteiger charge is 2.22. The van der Waals surface area contributed by atoms with Crippen molar-refractivity contribution < 1.29 is 18.7 Å². The van der Waals surface area contributed by atoms with E-state index < -0.39 is 6.10 Å². The Hall–Kier alpha value is -2.89. The molecule has 130 valence electrons. The summed E-state index contributed by atoms with van der Waals surface area (Å²) in [5, 5.41) is 2.78. The molecule has 1 aliphatic heterocycles. The van der Waals surface area contributed by atoms with E-state index in [1.54, 1.807) is 30.0 Å². The topological polar surface area (TPSA) is 58.6 Å². The fourth-order valence-electron chi connectivity index (χ4n) is 2.69. The van der Waals surface area contributed by atoms with Gasteiger partial charge in [-0.05, 0) is 55.8 Å². The lowest BCUT2D eigenvalue weighted by Gasteiger charge is -2.18. The molecule has 0 saturated carbocycles. The molecule has 0 bridgehead atoms. The fourth-order valence-corrected chi connectivity index (χ4v) is 2.69. The Morgan fingerprint density at radius 2 is 2.00 bits per heavy atom. The molecule has 1 aliphatic rings. The molecule has 0 radical (unpaired) electrons. The molecule has 2 amide bonds. The van der Waals surface area contributed by atoms with Crippen LogP contribution in [0.3, 0.4) is 0 Å². The largest absolute Gasteiger partial charge is 0.481 e. The minimum atomic E-state index is -0.748. The highest BCUT2D eigenvalue weighted by molar-refractivity contribution is 5.97. The zero-order chi connectivity index (χ0) is 17.8. The number of amides is 2. The Morgan fingerprint density at radius 1 is 1.24 bits per heavy atom. The second-order valence-electron chi connectivity index (χ2n) is 5.90. The second kappa shape index (κ2) is 7.34. The Labute approximate surface area is 145 Å². The molecule has 25 heavy (non-hydrogen) atoms. The Morgan fingerprint density at radius 3 is 2.68 bits per heavy atom. The van der Waals surface area contributed by atoms with Gasteiger partial charge in [-0.15, -0.1) is 0 Å². The van der Waals surface area contributed by atoms with Crippen LogP contribution in [0.1, 0.15) is 19.8 Å². The van der Waals surface area contributed by atoms with Crippen molar-refractivity contribution in [2.24, 2.45) is 0 Å². The van der Waals surface area contributed by atoms with Gasteiger partial charge in [0.1, 0.15) is 11.6 Å². The summed E-state index contributed by atoms with van der Waals surface area (Å²) in [4.78, 5) is 25.8. The van der Waals surface area contributed by atoms with Crippen molar-refractivity contribution in [2.75, 3.05) is 16.8 Å². The number of nitrogens with zero attached hydrogens (tertiary/aromatic N) is 1. The number of benzene rings is 2. The first kappa shape index (κ1) is 17.0. The van der Waals surface area contributed by atoms with E-state index in [2.05, 4.69) is 5.32 Å². The van der Waals surface area contributed by atoms with Crippen molar-refractivity contribution in [3.63, 3.8) is 0 Å². The number of hydrogen-bond acceptors (Lipinski definition) is 3. The molecule has 1 atom stereocenters. The van der Waals surface area contributed by atoms with Gasteiger partial charge in [0.15, 0.2) is 6.10 Å². The van der Waals surface area contributed by atoms with Crippen LogP contribution in [0.2, 0.25) is 0 Å². The summed E-state index contributed by atoms with van der Waals surface area (Å²) in [5.41, 5.74) is 1.36. The summed E-state index contributed by atoms with van der Waals surface area (Å²) >= 11 is 0. The second-order valence-corrected chi connectivity index (χ2v) is 5.90. The standard InChI is InChI=1S/C19H19FN2O3/c1-13(25-17-9-7-14(20)8-10-17)19(24)21-15-4-2-5-16(12-15)22-11-3-6-18(22)23/h2,4-5,7-10,12-13H,3,6,11H2,1H3,(H,21,24). The number of nitrogens with one attached hydrogen (secondary N) is 1. The lowest BCUT2D eigenvalue weighted by Crippen LogP contribution is -2.30. The van der Waals surface area contributed by atoms with Crippen LogP contribution in [0.5, 0.6) is 5.75 Å². The number of anilines is 2. The average Bonchev–Trinajstić information content (AvgIpc) is 3.03. The lowest BCUT2D eigenvalue weighted by atomic mass is 10.2. The van der Waals surface area contributed by atoms with Crippen molar-refractivity contribution in [3.8, 4) is 5.75 Å². The van der Waals surface area contributed by atoms with Crippen LogP contribution in [0.25, 0.3) is 0 Å². The highest BCUT2D eigenvalue weighted by atomic mass is 19.1. The molecule has 5 nitrogen and oxygen atoms in total. The van der Waals surface area contributed by atoms with Crippen LogP contribution in [-0.2, 0) is 9.59 Å². The van der Waals surface area contributed by atoms with E-state index in [9.17, 15) is 14.0 Å². The lowest BCUT2D eigenvalue weighted by molar-refractivity contribution is -0.122. The molecule has 6 heteroatoms. The van der Waals surface area contributed by atoms with E-state index in [4.69, 9.17) is 4.74 Å². The predicted octanol–water partition coefficient (Wildman–Crippen LogP) is 3.36. The quantitative estimate of drug-likeness (QED) is 0.906. The smallest absolute Gasteiger partial charge is 0.265 e. The molecule has 0 aliphatic carbocycles. The van der Waals surface area contributed by atoms with Crippen molar-refractivity contribution in [3.05, 3.63) is 54.3 Å². The summed E-state index contributed by atoms with van der Waals surface area (Å²) in [6, 6.07) is 12.7. The van der Waals surface area contributed by atoms with Gasteiger partial charge in [0.05, 0.1) is 0 Å². The zero-order valence-electron chi connectivity index (χ0n) is 13.9. The zero-order valence-corrected chi connectivity index (χ0v) is 13.9. The Balaban J connectivity index is 1.64. The molecule has 0 spiro atoms.